The normalized spacial score (nSPS) is 12.4. The maximum absolute atomic E-state index is 11.8. The lowest BCUT2D eigenvalue weighted by Crippen LogP contribution is -2.44. The molecule has 0 saturated carbocycles. The highest BCUT2D eigenvalue weighted by Crippen LogP contribution is 2.06. The van der Waals surface area contributed by atoms with Crippen molar-refractivity contribution in [2.45, 2.75) is 39.7 Å². The van der Waals surface area contributed by atoms with Crippen LogP contribution < -0.4 is 5.32 Å². The number of H-pyrrole nitrogens is 1. The summed E-state index contributed by atoms with van der Waals surface area (Å²) in [6.07, 6.45) is 1.76. The van der Waals surface area contributed by atoms with Gasteiger partial charge in [0.15, 0.2) is 0 Å². The van der Waals surface area contributed by atoms with Gasteiger partial charge in [-0.15, -0.1) is 0 Å². The summed E-state index contributed by atoms with van der Waals surface area (Å²) in [4.78, 5) is 22.8. The van der Waals surface area contributed by atoms with Gasteiger partial charge in [0.2, 0.25) is 0 Å². The average molecular weight is 253 g/mol. The first-order valence-corrected chi connectivity index (χ1v) is 6.03. The van der Waals surface area contributed by atoms with E-state index >= 15 is 0 Å². The van der Waals surface area contributed by atoms with E-state index in [-0.39, 0.29) is 11.6 Å². The predicted octanol–water partition coefficient (Wildman–Crippen LogP) is 1.20. The molecular weight excluding hydrogens is 234 g/mol. The van der Waals surface area contributed by atoms with Crippen LogP contribution in [0.5, 0.6) is 0 Å². The lowest BCUT2D eigenvalue weighted by molar-refractivity contribution is -0.140. The Morgan fingerprint density at radius 2 is 2.17 bits per heavy atom. The number of nitrogens with one attached hydrogen (secondary N) is 2. The number of carboxylic acid groups (broad SMARTS) is 1. The van der Waals surface area contributed by atoms with Crippen molar-refractivity contribution in [1.82, 2.24) is 15.5 Å². The Hall–Kier alpha value is -1.85. The lowest BCUT2D eigenvalue weighted by atomic mass is 10.0. The number of aromatic nitrogens is 2. The van der Waals surface area contributed by atoms with Crippen LogP contribution in [0.2, 0.25) is 0 Å². The van der Waals surface area contributed by atoms with Gasteiger partial charge in [0.25, 0.3) is 5.91 Å². The predicted molar refractivity (Wildman–Crippen MR) is 66.3 cm³/mol. The third-order valence-corrected chi connectivity index (χ3v) is 2.60. The van der Waals surface area contributed by atoms with Gasteiger partial charge in [-0.3, -0.25) is 9.89 Å². The molecule has 0 spiro atoms. The van der Waals surface area contributed by atoms with E-state index in [0.717, 1.165) is 18.5 Å². The molecule has 1 atom stereocenters. The minimum Gasteiger partial charge on any atom is -0.480 e. The number of carboxylic acids is 1. The molecule has 0 saturated heterocycles. The number of aryl methyl sites for hydroxylation is 1. The smallest absolute Gasteiger partial charge is 0.326 e. The van der Waals surface area contributed by atoms with E-state index in [0.29, 0.717) is 0 Å². The summed E-state index contributed by atoms with van der Waals surface area (Å²) in [5.74, 6) is -1.68. The van der Waals surface area contributed by atoms with Crippen LogP contribution >= 0.6 is 0 Å². The zero-order chi connectivity index (χ0) is 13.7. The fourth-order valence-corrected chi connectivity index (χ4v) is 1.60. The summed E-state index contributed by atoms with van der Waals surface area (Å²) in [5.41, 5.74) is 1.10. The standard InChI is InChI=1S/C12H19N3O3/c1-4-5-8-6-9(15-14-8)11(16)13-10(7(2)3)12(17)18/h6-7,10H,4-5H2,1-3H3,(H,13,16)(H,14,15)(H,17,18). The summed E-state index contributed by atoms with van der Waals surface area (Å²) in [6, 6.07) is 0.752. The highest BCUT2D eigenvalue weighted by Gasteiger charge is 2.24. The quantitative estimate of drug-likeness (QED) is 0.710. The molecule has 0 aromatic carbocycles. The molecule has 3 N–H and O–H groups in total. The van der Waals surface area contributed by atoms with E-state index in [2.05, 4.69) is 15.5 Å². The van der Waals surface area contributed by atoms with Gasteiger partial charge in [-0.05, 0) is 18.4 Å². The van der Waals surface area contributed by atoms with E-state index < -0.39 is 17.9 Å². The monoisotopic (exact) mass is 253 g/mol. The van der Waals surface area contributed by atoms with Gasteiger partial charge in [-0.2, -0.15) is 5.10 Å². The van der Waals surface area contributed by atoms with Crippen molar-refractivity contribution in [3.05, 3.63) is 17.5 Å². The number of nitrogens with zero attached hydrogens (tertiary/aromatic N) is 1. The Morgan fingerprint density at radius 1 is 1.50 bits per heavy atom. The molecule has 1 rings (SSSR count). The number of carbonyl (C=O) groups excluding carboxylic acids is 1. The van der Waals surface area contributed by atoms with E-state index in [1.807, 2.05) is 6.92 Å². The number of aliphatic carboxylic acids is 1. The number of carbonyl (C=O) groups is 2. The maximum Gasteiger partial charge on any atom is 0.326 e. The molecule has 0 bridgehead atoms. The Kier molecular flexibility index (Phi) is 4.88. The fourth-order valence-electron chi connectivity index (χ4n) is 1.60. The zero-order valence-electron chi connectivity index (χ0n) is 10.9. The molecule has 1 amide bonds. The van der Waals surface area contributed by atoms with Crippen molar-refractivity contribution < 1.29 is 14.7 Å². The third kappa shape index (κ3) is 3.58. The van der Waals surface area contributed by atoms with Crippen LogP contribution in [0.4, 0.5) is 0 Å². The van der Waals surface area contributed by atoms with Gasteiger partial charge in [0.05, 0.1) is 0 Å². The number of rotatable bonds is 6. The van der Waals surface area contributed by atoms with Crippen LogP contribution in [0.1, 0.15) is 43.4 Å². The maximum atomic E-state index is 11.8. The second-order valence-corrected chi connectivity index (χ2v) is 4.56. The Bertz CT molecular complexity index is 426. The number of hydrogen-bond donors (Lipinski definition) is 3. The van der Waals surface area contributed by atoms with Crippen molar-refractivity contribution in [2.75, 3.05) is 0 Å². The van der Waals surface area contributed by atoms with Crippen LogP contribution in [-0.4, -0.2) is 33.2 Å². The van der Waals surface area contributed by atoms with Crippen molar-refractivity contribution in [3.8, 4) is 0 Å². The zero-order valence-corrected chi connectivity index (χ0v) is 10.9. The fraction of sp³-hybridized carbons (Fsp3) is 0.583. The van der Waals surface area contributed by atoms with Crippen LogP contribution in [0.15, 0.2) is 6.07 Å². The number of hydrogen-bond acceptors (Lipinski definition) is 3. The Balaban J connectivity index is 2.71. The van der Waals surface area contributed by atoms with Gasteiger partial charge in [0, 0.05) is 5.69 Å². The van der Waals surface area contributed by atoms with E-state index in [1.54, 1.807) is 19.9 Å². The van der Waals surface area contributed by atoms with Crippen LogP contribution in [-0.2, 0) is 11.2 Å². The molecule has 6 heteroatoms. The Morgan fingerprint density at radius 3 is 2.67 bits per heavy atom. The molecule has 0 radical (unpaired) electrons. The highest BCUT2D eigenvalue weighted by molar-refractivity contribution is 5.95. The van der Waals surface area contributed by atoms with Crippen molar-refractivity contribution in [1.29, 1.82) is 0 Å². The van der Waals surface area contributed by atoms with Crippen molar-refractivity contribution in [3.63, 3.8) is 0 Å². The van der Waals surface area contributed by atoms with Gasteiger partial charge in [-0.1, -0.05) is 27.2 Å². The summed E-state index contributed by atoms with van der Waals surface area (Å²) in [5, 5.41) is 18.1. The van der Waals surface area contributed by atoms with Crippen LogP contribution in [0, 0.1) is 5.92 Å². The average Bonchev–Trinajstić information content (AvgIpc) is 2.73. The van der Waals surface area contributed by atoms with E-state index in [9.17, 15) is 9.59 Å². The Labute approximate surface area is 106 Å². The molecule has 18 heavy (non-hydrogen) atoms. The first-order chi connectivity index (χ1) is 8.45. The highest BCUT2D eigenvalue weighted by atomic mass is 16.4. The topological polar surface area (TPSA) is 95.1 Å². The number of amides is 1. The molecule has 1 heterocycles. The van der Waals surface area contributed by atoms with Crippen molar-refractivity contribution >= 4 is 11.9 Å². The summed E-state index contributed by atoms with van der Waals surface area (Å²) in [7, 11) is 0. The van der Waals surface area contributed by atoms with Crippen LogP contribution in [0.25, 0.3) is 0 Å². The van der Waals surface area contributed by atoms with E-state index in [1.165, 1.54) is 0 Å². The largest absolute Gasteiger partial charge is 0.480 e. The van der Waals surface area contributed by atoms with Gasteiger partial charge < -0.3 is 10.4 Å². The van der Waals surface area contributed by atoms with Gasteiger partial charge in [0.1, 0.15) is 11.7 Å². The second kappa shape index (κ2) is 6.18. The number of aromatic amines is 1. The molecule has 0 aliphatic rings. The molecule has 0 aliphatic carbocycles. The second-order valence-electron chi connectivity index (χ2n) is 4.56. The molecule has 1 aromatic heterocycles. The minimum atomic E-state index is -1.04. The van der Waals surface area contributed by atoms with Gasteiger partial charge in [-0.25, -0.2) is 4.79 Å². The SMILES string of the molecule is CCCc1cc(C(=O)NC(C(=O)O)C(C)C)n[nH]1. The molecule has 100 valence electrons. The lowest BCUT2D eigenvalue weighted by Gasteiger charge is -2.16. The van der Waals surface area contributed by atoms with E-state index in [4.69, 9.17) is 5.11 Å². The van der Waals surface area contributed by atoms with Crippen LogP contribution in [0.3, 0.4) is 0 Å². The molecule has 0 aliphatic heterocycles. The molecule has 1 unspecified atom stereocenters. The summed E-state index contributed by atoms with van der Waals surface area (Å²) >= 11 is 0. The molecule has 1 aromatic rings. The molecular formula is C12H19N3O3. The van der Waals surface area contributed by atoms with Gasteiger partial charge >= 0.3 is 5.97 Å². The minimum absolute atomic E-state index is 0.180. The summed E-state index contributed by atoms with van der Waals surface area (Å²) < 4.78 is 0. The first-order valence-electron chi connectivity index (χ1n) is 6.03. The third-order valence-electron chi connectivity index (χ3n) is 2.60. The molecule has 6 nitrogen and oxygen atoms in total. The first kappa shape index (κ1) is 14.2. The van der Waals surface area contributed by atoms with Crippen molar-refractivity contribution in [2.24, 2.45) is 5.92 Å². The summed E-state index contributed by atoms with van der Waals surface area (Å²) in [6.45, 7) is 5.51. The molecule has 0 fully saturated rings.